The summed E-state index contributed by atoms with van der Waals surface area (Å²) in [7, 11) is 0. The molecule has 2 N–H and O–H groups in total. The number of rotatable bonds is 6. The van der Waals surface area contributed by atoms with Gasteiger partial charge in [0.05, 0.1) is 0 Å². The zero-order valence-corrected chi connectivity index (χ0v) is 12.1. The number of aryl methyl sites for hydroxylation is 1. The van der Waals surface area contributed by atoms with Crippen LogP contribution in [0.5, 0.6) is 0 Å². The van der Waals surface area contributed by atoms with Crippen LogP contribution in [-0.4, -0.2) is 22.9 Å². The topological polar surface area (TPSA) is 64.9 Å². The van der Waals surface area contributed by atoms with E-state index < -0.39 is 0 Å². The monoisotopic (exact) mass is 277 g/mol. The summed E-state index contributed by atoms with van der Waals surface area (Å²) in [5.74, 6) is 1.82. The third-order valence-corrected chi connectivity index (χ3v) is 3.81. The highest BCUT2D eigenvalue weighted by Crippen LogP contribution is 2.21. The molecule has 0 spiro atoms. The normalized spacial score (nSPS) is 12.6. The molecule has 1 aromatic carbocycles. The fourth-order valence-electron chi connectivity index (χ4n) is 1.70. The molecular formula is C14H19N3OS. The Morgan fingerprint density at radius 2 is 2.05 bits per heavy atom. The van der Waals surface area contributed by atoms with E-state index >= 15 is 0 Å². The summed E-state index contributed by atoms with van der Waals surface area (Å²) >= 11 is 1.72. The van der Waals surface area contributed by atoms with Crippen molar-refractivity contribution in [1.29, 1.82) is 0 Å². The summed E-state index contributed by atoms with van der Waals surface area (Å²) in [6.45, 7) is 2.82. The fraction of sp³-hybridized carbons (Fsp3) is 0.429. The van der Waals surface area contributed by atoms with Crippen molar-refractivity contribution < 1.29 is 4.52 Å². The van der Waals surface area contributed by atoms with Gasteiger partial charge in [-0.2, -0.15) is 4.98 Å². The fourth-order valence-corrected chi connectivity index (χ4v) is 2.11. The highest BCUT2D eigenvalue weighted by Gasteiger charge is 2.09. The molecule has 1 aromatic heterocycles. The summed E-state index contributed by atoms with van der Waals surface area (Å²) in [4.78, 5) is 5.64. The van der Waals surface area contributed by atoms with Gasteiger partial charge in [0.2, 0.25) is 11.7 Å². The summed E-state index contributed by atoms with van der Waals surface area (Å²) in [6.07, 6.45) is 3.82. The maximum Gasteiger partial charge on any atom is 0.226 e. The van der Waals surface area contributed by atoms with E-state index in [0.29, 0.717) is 24.2 Å². The Kier molecular flexibility index (Phi) is 4.99. The lowest BCUT2D eigenvalue weighted by atomic mass is 10.1. The van der Waals surface area contributed by atoms with Gasteiger partial charge in [-0.15, -0.1) is 11.8 Å². The largest absolute Gasteiger partial charge is 0.339 e. The molecule has 0 radical (unpaired) electrons. The van der Waals surface area contributed by atoms with Crippen LogP contribution in [0.3, 0.4) is 0 Å². The molecule has 2 rings (SSSR count). The van der Waals surface area contributed by atoms with Gasteiger partial charge in [0.25, 0.3) is 0 Å². The van der Waals surface area contributed by atoms with Crippen LogP contribution in [0, 0.1) is 5.92 Å². The van der Waals surface area contributed by atoms with E-state index in [0.717, 1.165) is 18.4 Å². The molecular weight excluding hydrogens is 258 g/mol. The van der Waals surface area contributed by atoms with Crippen LogP contribution in [0.15, 0.2) is 33.7 Å². The molecule has 102 valence electrons. The predicted octanol–water partition coefficient (Wildman–Crippen LogP) is 2.99. The van der Waals surface area contributed by atoms with Crippen molar-refractivity contribution in [3.05, 3.63) is 30.2 Å². The Hall–Kier alpha value is -1.33. The van der Waals surface area contributed by atoms with Crippen LogP contribution >= 0.6 is 11.8 Å². The van der Waals surface area contributed by atoms with Crippen molar-refractivity contribution in [2.45, 2.75) is 24.7 Å². The summed E-state index contributed by atoms with van der Waals surface area (Å²) in [6, 6.07) is 8.16. The molecule has 0 aliphatic carbocycles. The van der Waals surface area contributed by atoms with Gasteiger partial charge in [0.1, 0.15) is 0 Å². The van der Waals surface area contributed by atoms with Crippen molar-refractivity contribution in [3.8, 4) is 11.4 Å². The average molecular weight is 277 g/mol. The Morgan fingerprint density at radius 1 is 1.32 bits per heavy atom. The maximum absolute atomic E-state index is 5.59. The van der Waals surface area contributed by atoms with Gasteiger partial charge in [-0.25, -0.2) is 0 Å². The van der Waals surface area contributed by atoms with Gasteiger partial charge >= 0.3 is 0 Å². The highest BCUT2D eigenvalue weighted by atomic mass is 32.2. The van der Waals surface area contributed by atoms with Gasteiger partial charge < -0.3 is 10.3 Å². The second kappa shape index (κ2) is 6.73. The van der Waals surface area contributed by atoms with Gasteiger partial charge in [-0.1, -0.05) is 12.1 Å². The van der Waals surface area contributed by atoms with Gasteiger partial charge in [0.15, 0.2) is 0 Å². The highest BCUT2D eigenvalue weighted by molar-refractivity contribution is 7.98. The van der Waals surface area contributed by atoms with Crippen LogP contribution in [-0.2, 0) is 6.42 Å². The molecule has 0 saturated carbocycles. The second-order valence-corrected chi connectivity index (χ2v) is 5.50. The molecule has 4 nitrogen and oxygen atoms in total. The molecule has 19 heavy (non-hydrogen) atoms. The number of hydrogen-bond acceptors (Lipinski definition) is 5. The lowest BCUT2D eigenvalue weighted by Crippen LogP contribution is -2.11. The lowest BCUT2D eigenvalue weighted by molar-refractivity contribution is 0.366. The van der Waals surface area contributed by atoms with E-state index in [4.69, 9.17) is 10.3 Å². The molecule has 1 unspecified atom stereocenters. The third-order valence-electron chi connectivity index (χ3n) is 3.07. The number of aromatic nitrogens is 2. The van der Waals surface area contributed by atoms with Gasteiger partial charge in [-0.05, 0) is 49.4 Å². The summed E-state index contributed by atoms with van der Waals surface area (Å²) in [5, 5.41) is 4.02. The third kappa shape index (κ3) is 3.81. The molecule has 0 saturated heterocycles. The smallest absolute Gasteiger partial charge is 0.226 e. The van der Waals surface area contributed by atoms with Crippen molar-refractivity contribution in [2.24, 2.45) is 11.7 Å². The first kappa shape index (κ1) is 14.1. The minimum atomic E-state index is 0.483. The molecule has 0 aliphatic rings. The molecule has 5 heteroatoms. The maximum atomic E-state index is 5.59. The first-order valence-electron chi connectivity index (χ1n) is 6.40. The van der Waals surface area contributed by atoms with Gasteiger partial charge in [0, 0.05) is 16.9 Å². The van der Waals surface area contributed by atoms with Crippen molar-refractivity contribution >= 4 is 11.8 Å². The minimum Gasteiger partial charge on any atom is -0.339 e. The molecule has 2 aromatic rings. The van der Waals surface area contributed by atoms with Gasteiger partial charge in [-0.3, -0.25) is 0 Å². The minimum absolute atomic E-state index is 0.483. The van der Waals surface area contributed by atoms with E-state index in [-0.39, 0.29) is 0 Å². The number of benzene rings is 1. The SMILES string of the molecule is CSc1ccc(-c2noc(CCC(C)CN)n2)cc1. The first-order valence-corrected chi connectivity index (χ1v) is 7.62. The number of hydrogen-bond donors (Lipinski definition) is 1. The van der Waals surface area contributed by atoms with Crippen LogP contribution in [0.2, 0.25) is 0 Å². The number of thioether (sulfide) groups is 1. The predicted molar refractivity (Wildman–Crippen MR) is 78.1 cm³/mol. The Bertz CT molecular complexity index is 510. The van der Waals surface area contributed by atoms with Crippen molar-refractivity contribution in [3.63, 3.8) is 0 Å². The van der Waals surface area contributed by atoms with Crippen molar-refractivity contribution in [2.75, 3.05) is 12.8 Å². The van der Waals surface area contributed by atoms with Crippen LogP contribution in [0.4, 0.5) is 0 Å². The van der Waals surface area contributed by atoms with E-state index in [9.17, 15) is 0 Å². The van der Waals surface area contributed by atoms with Crippen LogP contribution in [0.25, 0.3) is 11.4 Å². The molecule has 0 aliphatic heterocycles. The Labute approximate surface area is 117 Å². The zero-order chi connectivity index (χ0) is 13.7. The quantitative estimate of drug-likeness (QED) is 0.822. The van der Waals surface area contributed by atoms with Crippen molar-refractivity contribution in [1.82, 2.24) is 10.1 Å². The molecule has 0 bridgehead atoms. The first-order chi connectivity index (χ1) is 9.22. The summed E-state index contributed by atoms with van der Waals surface area (Å²) in [5.41, 5.74) is 6.58. The number of nitrogens with zero attached hydrogens (tertiary/aromatic N) is 2. The second-order valence-electron chi connectivity index (χ2n) is 4.62. The average Bonchev–Trinajstić information content (AvgIpc) is 2.93. The standard InChI is InChI=1S/C14H19N3OS/c1-10(9-15)3-8-13-16-14(17-18-13)11-4-6-12(19-2)7-5-11/h4-7,10H,3,8-9,15H2,1-2H3. The Balaban J connectivity index is 2.03. The number of nitrogens with two attached hydrogens (primary N) is 1. The van der Waals surface area contributed by atoms with Crippen LogP contribution in [0.1, 0.15) is 19.2 Å². The van der Waals surface area contributed by atoms with E-state index in [1.54, 1.807) is 11.8 Å². The lowest BCUT2D eigenvalue weighted by Gasteiger charge is -2.03. The van der Waals surface area contributed by atoms with Crippen LogP contribution < -0.4 is 5.73 Å². The Morgan fingerprint density at radius 3 is 2.68 bits per heavy atom. The molecule has 1 heterocycles. The zero-order valence-electron chi connectivity index (χ0n) is 11.3. The molecule has 1 atom stereocenters. The molecule has 0 fully saturated rings. The summed E-state index contributed by atoms with van der Waals surface area (Å²) < 4.78 is 5.26. The van der Waals surface area contributed by atoms with E-state index in [1.807, 2.05) is 12.1 Å². The van der Waals surface area contributed by atoms with E-state index in [2.05, 4.69) is 35.5 Å². The molecule has 0 amide bonds. The van der Waals surface area contributed by atoms with E-state index in [1.165, 1.54) is 4.90 Å².